The number of benzene rings is 1. The van der Waals surface area contributed by atoms with E-state index in [1.54, 1.807) is 6.07 Å². The molecule has 1 rings (SSSR count). The summed E-state index contributed by atoms with van der Waals surface area (Å²) >= 11 is 0. The van der Waals surface area contributed by atoms with E-state index < -0.39 is 18.1 Å². The molecule has 1 unspecified atom stereocenters. The molecule has 0 saturated heterocycles. The monoisotopic (exact) mass is 252 g/mol. The molecule has 2 amide bonds. The van der Waals surface area contributed by atoms with Crippen molar-refractivity contribution in [2.75, 3.05) is 11.9 Å². The molecule has 0 aliphatic heterocycles. The molecular weight excluding hydrogens is 236 g/mol. The minimum absolute atomic E-state index is 0.341. The number of carbonyl (C=O) groups excluding carboxylic acids is 1. The molecule has 0 radical (unpaired) electrons. The van der Waals surface area contributed by atoms with E-state index in [0.29, 0.717) is 5.69 Å². The van der Waals surface area contributed by atoms with Crippen molar-refractivity contribution in [1.82, 2.24) is 5.32 Å². The molecule has 1 aromatic carbocycles. The first-order valence-electron chi connectivity index (χ1n) is 5.43. The fraction of sp³-hybridized carbons (Fsp3) is 0.333. The number of hydrogen-bond acceptors (Lipinski definition) is 3. The maximum atomic E-state index is 11.5. The van der Waals surface area contributed by atoms with E-state index in [1.807, 2.05) is 26.0 Å². The van der Waals surface area contributed by atoms with Crippen molar-refractivity contribution in [3.8, 4) is 0 Å². The van der Waals surface area contributed by atoms with E-state index >= 15 is 0 Å². The van der Waals surface area contributed by atoms with Crippen molar-refractivity contribution in [1.29, 1.82) is 0 Å². The number of anilines is 1. The van der Waals surface area contributed by atoms with Crippen molar-refractivity contribution in [3.05, 3.63) is 29.3 Å². The smallest absolute Gasteiger partial charge is 0.334 e. The molecule has 0 bridgehead atoms. The molecule has 98 valence electrons. The Hall–Kier alpha value is -2.08. The Balaban J connectivity index is 2.52. The van der Waals surface area contributed by atoms with Crippen molar-refractivity contribution < 1.29 is 19.8 Å². The Morgan fingerprint density at radius 3 is 2.56 bits per heavy atom. The van der Waals surface area contributed by atoms with Gasteiger partial charge in [-0.15, -0.1) is 0 Å². The van der Waals surface area contributed by atoms with E-state index in [-0.39, 0.29) is 6.54 Å². The lowest BCUT2D eigenvalue weighted by Gasteiger charge is -2.11. The van der Waals surface area contributed by atoms with Gasteiger partial charge in [0.1, 0.15) is 0 Å². The number of urea groups is 1. The molecule has 0 aliphatic carbocycles. The van der Waals surface area contributed by atoms with Crippen molar-refractivity contribution in [2.24, 2.45) is 0 Å². The number of rotatable bonds is 4. The highest BCUT2D eigenvalue weighted by Crippen LogP contribution is 2.15. The third-order valence-electron chi connectivity index (χ3n) is 2.37. The lowest BCUT2D eigenvalue weighted by atomic mass is 10.1. The number of aliphatic hydroxyl groups excluding tert-OH is 1. The van der Waals surface area contributed by atoms with Crippen molar-refractivity contribution in [3.63, 3.8) is 0 Å². The predicted molar refractivity (Wildman–Crippen MR) is 66.6 cm³/mol. The first kappa shape index (κ1) is 14.0. The average Bonchev–Trinajstić information content (AvgIpc) is 2.29. The van der Waals surface area contributed by atoms with Crippen LogP contribution in [0.15, 0.2) is 18.2 Å². The summed E-state index contributed by atoms with van der Waals surface area (Å²) in [7, 11) is 0. The third-order valence-corrected chi connectivity index (χ3v) is 2.37. The van der Waals surface area contributed by atoms with Crippen molar-refractivity contribution in [2.45, 2.75) is 20.0 Å². The van der Waals surface area contributed by atoms with Gasteiger partial charge in [0.25, 0.3) is 0 Å². The molecule has 0 spiro atoms. The lowest BCUT2D eigenvalue weighted by molar-refractivity contribution is -0.146. The van der Waals surface area contributed by atoms with Crippen LogP contribution in [0.4, 0.5) is 10.5 Å². The fourth-order valence-electron chi connectivity index (χ4n) is 1.40. The molecule has 0 aliphatic rings. The number of aliphatic hydroxyl groups is 1. The minimum Gasteiger partial charge on any atom is -0.479 e. The van der Waals surface area contributed by atoms with Gasteiger partial charge in [-0.2, -0.15) is 0 Å². The predicted octanol–water partition coefficient (Wildman–Crippen LogP) is 0.870. The number of aliphatic carboxylic acids is 1. The van der Waals surface area contributed by atoms with Gasteiger partial charge in [0.05, 0.1) is 6.54 Å². The number of aryl methyl sites for hydroxylation is 2. The lowest BCUT2D eigenvalue weighted by Crippen LogP contribution is -2.38. The zero-order chi connectivity index (χ0) is 13.7. The summed E-state index contributed by atoms with van der Waals surface area (Å²) in [4.78, 5) is 21.8. The third kappa shape index (κ3) is 4.06. The van der Waals surface area contributed by atoms with Gasteiger partial charge in [0.2, 0.25) is 0 Å². The minimum atomic E-state index is -1.60. The van der Waals surface area contributed by atoms with Crippen LogP contribution in [0, 0.1) is 13.8 Å². The molecule has 1 aromatic rings. The SMILES string of the molecule is Cc1ccc(NC(=O)NCC(O)C(=O)O)c(C)c1. The highest BCUT2D eigenvalue weighted by atomic mass is 16.4. The zero-order valence-corrected chi connectivity index (χ0v) is 10.2. The van der Waals surface area contributed by atoms with Crippen LogP contribution in [-0.2, 0) is 4.79 Å². The summed E-state index contributed by atoms with van der Waals surface area (Å²) in [5, 5.41) is 22.3. The van der Waals surface area contributed by atoms with Crippen LogP contribution in [0.1, 0.15) is 11.1 Å². The fourth-order valence-corrected chi connectivity index (χ4v) is 1.40. The van der Waals surface area contributed by atoms with Gasteiger partial charge in [-0.1, -0.05) is 17.7 Å². The number of carboxylic acid groups (broad SMARTS) is 1. The van der Waals surface area contributed by atoms with Crippen molar-refractivity contribution >= 4 is 17.7 Å². The molecule has 0 fully saturated rings. The van der Waals surface area contributed by atoms with Gasteiger partial charge < -0.3 is 20.8 Å². The number of hydrogen-bond donors (Lipinski definition) is 4. The van der Waals surface area contributed by atoms with E-state index in [4.69, 9.17) is 10.2 Å². The molecule has 0 saturated carbocycles. The number of amides is 2. The van der Waals surface area contributed by atoms with Gasteiger partial charge in [-0.3, -0.25) is 0 Å². The Morgan fingerprint density at radius 2 is 2.00 bits per heavy atom. The molecule has 1 atom stereocenters. The Labute approximate surface area is 105 Å². The second-order valence-corrected chi connectivity index (χ2v) is 4.01. The van der Waals surface area contributed by atoms with Crippen LogP contribution in [0.2, 0.25) is 0 Å². The van der Waals surface area contributed by atoms with Crippen LogP contribution in [0.25, 0.3) is 0 Å². The quantitative estimate of drug-likeness (QED) is 0.639. The molecule has 6 heteroatoms. The van der Waals surface area contributed by atoms with E-state index in [1.165, 1.54) is 0 Å². The summed E-state index contributed by atoms with van der Waals surface area (Å²) in [6, 6.07) is 4.98. The van der Waals surface area contributed by atoms with Gasteiger partial charge >= 0.3 is 12.0 Å². The maximum Gasteiger partial charge on any atom is 0.334 e. The van der Waals surface area contributed by atoms with Gasteiger partial charge in [0, 0.05) is 5.69 Å². The summed E-state index contributed by atoms with van der Waals surface area (Å²) in [6.07, 6.45) is -1.60. The summed E-state index contributed by atoms with van der Waals surface area (Å²) in [5.41, 5.74) is 2.63. The first-order chi connectivity index (χ1) is 8.40. The molecule has 0 aromatic heterocycles. The standard InChI is InChI=1S/C12H16N2O4/c1-7-3-4-9(8(2)5-7)14-12(18)13-6-10(15)11(16)17/h3-5,10,15H,6H2,1-2H3,(H,16,17)(H2,13,14,18). The highest BCUT2D eigenvalue weighted by molar-refractivity contribution is 5.90. The molecular formula is C12H16N2O4. The number of carbonyl (C=O) groups is 2. The Bertz CT molecular complexity index is 459. The molecule has 18 heavy (non-hydrogen) atoms. The second-order valence-electron chi connectivity index (χ2n) is 4.01. The molecule has 4 N–H and O–H groups in total. The van der Waals surface area contributed by atoms with E-state index in [2.05, 4.69) is 10.6 Å². The van der Waals surface area contributed by atoms with Gasteiger partial charge in [-0.25, -0.2) is 9.59 Å². The van der Waals surface area contributed by atoms with E-state index in [9.17, 15) is 9.59 Å². The normalized spacial score (nSPS) is 11.7. The Kier molecular flexibility index (Phi) is 4.67. The van der Waals surface area contributed by atoms with Gasteiger partial charge in [0.15, 0.2) is 6.10 Å². The highest BCUT2D eigenvalue weighted by Gasteiger charge is 2.14. The number of carboxylic acids is 1. The van der Waals surface area contributed by atoms with Crippen LogP contribution in [-0.4, -0.2) is 34.9 Å². The van der Waals surface area contributed by atoms with Crippen LogP contribution in [0.3, 0.4) is 0 Å². The van der Waals surface area contributed by atoms with Crippen LogP contribution in [0.5, 0.6) is 0 Å². The Morgan fingerprint density at radius 1 is 1.33 bits per heavy atom. The average molecular weight is 252 g/mol. The zero-order valence-electron chi connectivity index (χ0n) is 10.2. The molecule has 0 heterocycles. The summed E-state index contributed by atoms with van der Waals surface area (Å²) in [5.74, 6) is -1.37. The summed E-state index contributed by atoms with van der Waals surface area (Å²) < 4.78 is 0. The van der Waals surface area contributed by atoms with Crippen LogP contribution >= 0.6 is 0 Å². The summed E-state index contributed by atoms with van der Waals surface area (Å²) in [6.45, 7) is 3.46. The number of nitrogens with one attached hydrogen (secondary N) is 2. The first-order valence-corrected chi connectivity index (χ1v) is 5.43. The maximum absolute atomic E-state index is 11.5. The topological polar surface area (TPSA) is 98.7 Å². The van der Waals surface area contributed by atoms with E-state index in [0.717, 1.165) is 11.1 Å². The second kappa shape index (κ2) is 6.02. The largest absolute Gasteiger partial charge is 0.479 e. The van der Waals surface area contributed by atoms with Crippen LogP contribution < -0.4 is 10.6 Å². The molecule has 6 nitrogen and oxygen atoms in total. The van der Waals surface area contributed by atoms with Gasteiger partial charge in [-0.05, 0) is 25.5 Å².